The summed E-state index contributed by atoms with van der Waals surface area (Å²) in [5, 5.41) is 10.7. The van der Waals surface area contributed by atoms with E-state index < -0.39 is 6.10 Å². The van der Waals surface area contributed by atoms with Crippen LogP contribution in [-0.2, 0) is 6.42 Å². The van der Waals surface area contributed by atoms with Crippen LogP contribution in [0, 0.1) is 0 Å². The summed E-state index contributed by atoms with van der Waals surface area (Å²) in [7, 11) is 0. The van der Waals surface area contributed by atoms with Crippen molar-refractivity contribution in [2.24, 2.45) is 0 Å². The SMILES string of the molecule is CCCc1cccc(C(O)C(CC)c2ccccc2)c1. The topological polar surface area (TPSA) is 20.2 Å². The Morgan fingerprint density at radius 3 is 2.25 bits per heavy atom. The lowest BCUT2D eigenvalue weighted by atomic mass is 9.86. The quantitative estimate of drug-likeness (QED) is 0.792. The summed E-state index contributed by atoms with van der Waals surface area (Å²) in [4.78, 5) is 0. The average Bonchev–Trinajstić information content (AvgIpc) is 2.50. The maximum absolute atomic E-state index is 10.7. The van der Waals surface area contributed by atoms with E-state index in [0.717, 1.165) is 24.8 Å². The average molecular weight is 268 g/mol. The number of hydrogen-bond acceptors (Lipinski definition) is 1. The molecular formula is C19H24O. The van der Waals surface area contributed by atoms with Gasteiger partial charge in [-0.2, -0.15) is 0 Å². The molecule has 0 fully saturated rings. The monoisotopic (exact) mass is 268 g/mol. The van der Waals surface area contributed by atoms with Crippen molar-refractivity contribution in [2.45, 2.75) is 45.1 Å². The van der Waals surface area contributed by atoms with E-state index in [1.807, 2.05) is 24.3 Å². The van der Waals surface area contributed by atoms with Crippen molar-refractivity contribution in [1.29, 1.82) is 0 Å². The number of aliphatic hydroxyl groups is 1. The van der Waals surface area contributed by atoms with Gasteiger partial charge in [0, 0.05) is 5.92 Å². The number of hydrogen-bond donors (Lipinski definition) is 1. The molecule has 0 aliphatic carbocycles. The molecule has 1 nitrogen and oxygen atoms in total. The Morgan fingerprint density at radius 2 is 1.60 bits per heavy atom. The summed E-state index contributed by atoms with van der Waals surface area (Å²) < 4.78 is 0. The van der Waals surface area contributed by atoms with Gasteiger partial charge in [-0.1, -0.05) is 74.9 Å². The van der Waals surface area contributed by atoms with Gasteiger partial charge >= 0.3 is 0 Å². The van der Waals surface area contributed by atoms with Crippen LogP contribution in [0.1, 0.15) is 55.4 Å². The van der Waals surface area contributed by atoms with E-state index in [4.69, 9.17) is 0 Å². The Kier molecular flexibility index (Phi) is 5.37. The van der Waals surface area contributed by atoms with Crippen LogP contribution in [0.4, 0.5) is 0 Å². The molecule has 0 aliphatic heterocycles. The molecule has 2 unspecified atom stereocenters. The molecular weight excluding hydrogens is 244 g/mol. The second-order valence-electron chi connectivity index (χ2n) is 5.37. The van der Waals surface area contributed by atoms with Gasteiger partial charge in [-0.25, -0.2) is 0 Å². The van der Waals surface area contributed by atoms with Crippen molar-refractivity contribution >= 4 is 0 Å². The van der Waals surface area contributed by atoms with Gasteiger partial charge in [0.15, 0.2) is 0 Å². The Hall–Kier alpha value is -1.60. The van der Waals surface area contributed by atoms with Crippen molar-refractivity contribution in [3.8, 4) is 0 Å². The van der Waals surface area contributed by atoms with Crippen LogP contribution >= 0.6 is 0 Å². The van der Waals surface area contributed by atoms with Crippen molar-refractivity contribution in [3.63, 3.8) is 0 Å². The number of rotatable bonds is 6. The van der Waals surface area contributed by atoms with Gasteiger partial charge in [0.2, 0.25) is 0 Å². The van der Waals surface area contributed by atoms with Crippen molar-refractivity contribution in [2.75, 3.05) is 0 Å². The summed E-state index contributed by atoms with van der Waals surface area (Å²) >= 11 is 0. The number of aryl methyl sites for hydroxylation is 1. The maximum Gasteiger partial charge on any atom is 0.0858 e. The molecule has 2 aromatic carbocycles. The molecule has 0 aromatic heterocycles. The van der Waals surface area contributed by atoms with Gasteiger partial charge in [0.1, 0.15) is 0 Å². The summed E-state index contributed by atoms with van der Waals surface area (Å²) in [6, 6.07) is 18.7. The van der Waals surface area contributed by atoms with Crippen LogP contribution in [0.3, 0.4) is 0 Å². The largest absolute Gasteiger partial charge is 0.388 e. The molecule has 0 radical (unpaired) electrons. The first-order valence-corrected chi connectivity index (χ1v) is 7.58. The molecule has 2 aromatic rings. The van der Waals surface area contributed by atoms with Crippen molar-refractivity contribution < 1.29 is 5.11 Å². The predicted molar refractivity (Wildman–Crippen MR) is 84.9 cm³/mol. The lowest BCUT2D eigenvalue weighted by Crippen LogP contribution is -2.10. The second-order valence-corrected chi connectivity index (χ2v) is 5.37. The van der Waals surface area contributed by atoms with Gasteiger partial charge in [-0.15, -0.1) is 0 Å². The lowest BCUT2D eigenvalue weighted by molar-refractivity contribution is 0.142. The highest BCUT2D eigenvalue weighted by Gasteiger charge is 2.20. The van der Waals surface area contributed by atoms with Crippen LogP contribution in [0.25, 0.3) is 0 Å². The molecule has 1 N–H and O–H groups in total. The third-order valence-electron chi connectivity index (χ3n) is 3.88. The molecule has 20 heavy (non-hydrogen) atoms. The zero-order chi connectivity index (χ0) is 14.4. The smallest absolute Gasteiger partial charge is 0.0858 e. The minimum Gasteiger partial charge on any atom is -0.388 e. The van der Waals surface area contributed by atoms with Gasteiger partial charge in [-0.3, -0.25) is 0 Å². The van der Waals surface area contributed by atoms with Crippen LogP contribution < -0.4 is 0 Å². The van der Waals surface area contributed by atoms with E-state index in [1.165, 1.54) is 11.1 Å². The summed E-state index contributed by atoms with van der Waals surface area (Å²) in [5.74, 6) is 0.160. The lowest BCUT2D eigenvalue weighted by Gasteiger charge is -2.23. The zero-order valence-electron chi connectivity index (χ0n) is 12.4. The highest BCUT2D eigenvalue weighted by Crippen LogP contribution is 2.33. The van der Waals surface area contributed by atoms with Crippen LogP contribution in [0.15, 0.2) is 54.6 Å². The summed E-state index contributed by atoms with van der Waals surface area (Å²) in [6.45, 7) is 4.32. The van der Waals surface area contributed by atoms with Crippen LogP contribution in [-0.4, -0.2) is 5.11 Å². The number of aliphatic hydroxyl groups excluding tert-OH is 1. The van der Waals surface area contributed by atoms with Crippen molar-refractivity contribution in [3.05, 3.63) is 71.3 Å². The zero-order valence-corrected chi connectivity index (χ0v) is 12.4. The molecule has 0 heterocycles. The second kappa shape index (κ2) is 7.25. The molecule has 2 rings (SSSR count). The molecule has 0 saturated carbocycles. The maximum atomic E-state index is 10.7. The third kappa shape index (κ3) is 3.49. The fourth-order valence-electron chi connectivity index (χ4n) is 2.80. The predicted octanol–water partition coefficient (Wildman–Crippen LogP) is 4.87. The van der Waals surface area contributed by atoms with Gasteiger partial charge in [-0.05, 0) is 29.5 Å². The fraction of sp³-hybridized carbons (Fsp3) is 0.368. The minimum absolute atomic E-state index is 0.160. The minimum atomic E-state index is -0.431. The van der Waals surface area contributed by atoms with E-state index in [-0.39, 0.29) is 5.92 Å². The normalized spacial score (nSPS) is 13.9. The molecule has 1 heteroatoms. The van der Waals surface area contributed by atoms with E-state index in [2.05, 4.69) is 44.2 Å². The van der Waals surface area contributed by atoms with Gasteiger partial charge in [0.05, 0.1) is 6.10 Å². The van der Waals surface area contributed by atoms with Crippen LogP contribution in [0.5, 0.6) is 0 Å². The van der Waals surface area contributed by atoms with E-state index in [1.54, 1.807) is 0 Å². The van der Waals surface area contributed by atoms with E-state index in [9.17, 15) is 5.11 Å². The first-order chi connectivity index (χ1) is 9.76. The highest BCUT2D eigenvalue weighted by atomic mass is 16.3. The molecule has 106 valence electrons. The molecule has 0 bridgehead atoms. The molecule has 2 atom stereocenters. The Balaban J connectivity index is 2.24. The standard InChI is InChI=1S/C19H24O/c1-3-9-15-10-8-13-17(14-15)19(20)18(4-2)16-11-6-5-7-12-16/h5-8,10-14,18-20H,3-4,9H2,1-2H3. The molecule has 0 spiro atoms. The van der Waals surface area contributed by atoms with Gasteiger partial charge < -0.3 is 5.11 Å². The van der Waals surface area contributed by atoms with Crippen molar-refractivity contribution in [1.82, 2.24) is 0 Å². The summed E-state index contributed by atoms with van der Waals surface area (Å²) in [5.41, 5.74) is 3.56. The van der Waals surface area contributed by atoms with Crippen LogP contribution in [0.2, 0.25) is 0 Å². The van der Waals surface area contributed by atoms with E-state index in [0.29, 0.717) is 0 Å². The summed E-state index contributed by atoms with van der Waals surface area (Å²) in [6.07, 6.45) is 2.71. The van der Waals surface area contributed by atoms with Gasteiger partial charge in [0.25, 0.3) is 0 Å². The highest BCUT2D eigenvalue weighted by molar-refractivity contribution is 5.30. The fourth-order valence-corrected chi connectivity index (χ4v) is 2.80. The van der Waals surface area contributed by atoms with E-state index >= 15 is 0 Å². The number of benzene rings is 2. The first kappa shape index (κ1) is 14.8. The third-order valence-corrected chi connectivity index (χ3v) is 3.88. The molecule has 0 saturated heterocycles. The first-order valence-electron chi connectivity index (χ1n) is 7.58. The Bertz CT molecular complexity index is 518. The Labute approximate surface area is 122 Å². The molecule has 0 amide bonds. The molecule has 0 aliphatic rings. The Morgan fingerprint density at radius 1 is 0.900 bits per heavy atom.